The molecule has 1 aromatic carbocycles. The van der Waals surface area contributed by atoms with Crippen molar-refractivity contribution in [1.29, 1.82) is 0 Å². The Kier molecular flexibility index (Phi) is 5.20. The van der Waals surface area contributed by atoms with Crippen molar-refractivity contribution in [3.63, 3.8) is 0 Å². The number of benzene rings is 1. The van der Waals surface area contributed by atoms with Crippen molar-refractivity contribution in [2.45, 2.75) is 31.7 Å². The van der Waals surface area contributed by atoms with Crippen molar-refractivity contribution >= 4 is 23.6 Å². The van der Waals surface area contributed by atoms with E-state index in [1.807, 2.05) is 21.6 Å². The van der Waals surface area contributed by atoms with Crippen LogP contribution >= 0.6 is 11.8 Å². The van der Waals surface area contributed by atoms with Gasteiger partial charge in [0.05, 0.1) is 12.0 Å². The molecule has 4 nitrogen and oxygen atoms in total. The predicted molar refractivity (Wildman–Crippen MR) is 100 cm³/mol. The Balaban J connectivity index is 1.51. The van der Waals surface area contributed by atoms with Crippen LogP contribution in [0.5, 0.6) is 0 Å². The molecule has 2 heterocycles. The van der Waals surface area contributed by atoms with E-state index in [-0.39, 0.29) is 35.5 Å². The topological polar surface area (TPSA) is 40.6 Å². The molecule has 2 unspecified atom stereocenters. The molecule has 2 amide bonds. The highest BCUT2D eigenvalue weighted by Crippen LogP contribution is 2.39. The zero-order valence-corrected chi connectivity index (χ0v) is 15.7. The minimum absolute atomic E-state index is 0.0374. The number of likely N-dealkylation sites (tertiary alicyclic amines) is 1. The summed E-state index contributed by atoms with van der Waals surface area (Å²) in [6.45, 7) is 2.13. The third-order valence-electron chi connectivity index (χ3n) is 5.72. The van der Waals surface area contributed by atoms with Crippen molar-refractivity contribution in [2.75, 3.05) is 31.1 Å². The van der Waals surface area contributed by atoms with E-state index in [0.717, 1.165) is 55.8 Å². The molecule has 2 saturated heterocycles. The molecule has 0 radical (unpaired) electrons. The molecule has 3 aliphatic rings. The number of thioether (sulfide) groups is 1. The smallest absolute Gasteiger partial charge is 0.227 e. The van der Waals surface area contributed by atoms with Gasteiger partial charge < -0.3 is 9.80 Å². The van der Waals surface area contributed by atoms with Crippen molar-refractivity contribution in [1.82, 2.24) is 9.80 Å². The first-order chi connectivity index (χ1) is 12.6. The lowest BCUT2D eigenvalue weighted by Crippen LogP contribution is -2.49. The number of halogens is 1. The fraction of sp³-hybridized carbons (Fsp3) is 0.600. The van der Waals surface area contributed by atoms with Gasteiger partial charge in [0, 0.05) is 37.1 Å². The normalized spacial score (nSPS) is 26.7. The van der Waals surface area contributed by atoms with Gasteiger partial charge in [-0.1, -0.05) is 12.1 Å². The molecule has 1 aromatic rings. The Bertz CT molecular complexity index is 671. The second-order valence-electron chi connectivity index (χ2n) is 7.54. The molecule has 140 valence electrons. The highest BCUT2D eigenvalue weighted by molar-refractivity contribution is 7.99. The van der Waals surface area contributed by atoms with E-state index in [4.69, 9.17) is 0 Å². The van der Waals surface area contributed by atoms with Crippen LogP contribution in [0.1, 0.15) is 37.3 Å². The average Bonchev–Trinajstić information content (AvgIpc) is 3.53. The number of hydrogen-bond acceptors (Lipinski definition) is 3. The third-order valence-corrected chi connectivity index (χ3v) is 6.66. The summed E-state index contributed by atoms with van der Waals surface area (Å²) >= 11 is 1.89. The summed E-state index contributed by atoms with van der Waals surface area (Å²) in [5.41, 5.74) is 0.973. The zero-order chi connectivity index (χ0) is 18.1. The van der Waals surface area contributed by atoms with Gasteiger partial charge >= 0.3 is 0 Å². The number of carbonyl (C=O) groups excluding carboxylic acids is 2. The monoisotopic (exact) mass is 376 g/mol. The molecule has 1 saturated carbocycles. The van der Waals surface area contributed by atoms with E-state index in [2.05, 4.69) is 0 Å². The Morgan fingerprint density at radius 1 is 0.923 bits per heavy atom. The van der Waals surface area contributed by atoms with Crippen molar-refractivity contribution in [2.24, 2.45) is 11.8 Å². The van der Waals surface area contributed by atoms with Crippen LogP contribution in [0.15, 0.2) is 24.3 Å². The Morgan fingerprint density at radius 2 is 1.58 bits per heavy atom. The number of rotatable bonds is 3. The molecule has 2 aliphatic heterocycles. The molecular formula is C20H25FN2O2S. The lowest BCUT2D eigenvalue weighted by Gasteiger charge is -2.41. The Labute approximate surface area is 158 Å². The summed E-state index contributed by atoms with van der Waals surface area (Å²) in [5, 5.41) is 0. The summed E-state index contributed by atoms with van der Waals surface area (Å²) in [5.74, 6) is 2.14. The van der Waals surface area contributed by atoms with E-state index >= 15 is 0 Å². The van der Waals surface area contributed by atoms with E-state index in [1.165, 1.54) is 12.1 Å². The highest BCUT2D eigenvalue weighted by Gasteiger charge is 2.42. The fourth-order valence-corrected chi connectivity index (χ4v) is 4.96. The average molecular weight is 376 g/mol. The van der Waals surface area contributed by atoms with E-state index in [1.54, 1.807) is 12.1 Å². The Hall–Kier alpha value is -1.56. The van der Waals surface area contributed by atoms with Crippen LogP contribution in [0.25, 0.3) is 0 Å². The largest absolute Gasteiger partial charge is 0.341 e. The fourth-order valence-electron chi connectivity index (χ4n) is 4.05. The minimum atomic E-state index is -0.263. The van der Waals surface area contributed by atoms with Crippen LogP contribution < -0.4 is 0 Å². The van der Waals surface area contributed by atoms with E-state index in [9.17, 15) is 14.0 Å². The first-order valence-corrected chi connectivity index (χ1v) is 10.7. The maximum absolute atomic E-state index is 13.3. The summed E-state index contributed by atoms with van der Waals surface area (Å²) in [6.07, 6.45) is 3.46. The number of piperidine rings is 1. The molecule has 0 N–H and O–H groups in total. The van der Waals surface area contributed by atoms with Crippen LogP contribution in [0.2, 0.25) is 0 Å². The van der Waals surface area contributed by atoms with Gasteiger partial charge in [-0.25, -0.2) is 4.39 Å². The lowest BCUT2D eigenvalue weighted by atomic mass is 9.87. The van der Waals surface area contributed by atoms with Crippen LogP contribution in [0.4, 0.5) is 4.39 Å². The number of amides is 2. The molecular weight excluding hydrogens is 351 g/mol. The lowest BCUT2D eigenvalue weighted by molar-refractivity contribution is -0.144. The maximum Gasteiger partial charge on any atom is 0.227 e. The molecule has 1 aliphatic carbocycles. The van der Waals surface area contributed by atoms with Crippen LogP contribution in [0.3, 0.4) is 0 Å². The van der Waals surface area contributed by atoms with Crippen molar-refractivity contribution in [3.8, 4) is 0 Å². The summed E-state index contributed by atoms with van der Waals surface area (Å²) < 4.78 is 13.3. The molecule has 2 atom stereocenters. The van der Waals surface area contributed by atoms with Crippen molar-refractivity contribution in [3.05, 3.63) is 35.6 Å². The van der Waals surface area contributed by atoms with Gasteiger partial charge in [-0.2, -0.15) is 11.8 Å². The van der Waals surface area contributed by atoms with Crippen molar-refractivity contribution < 1.29 is 14.0 Å². The molecule has 3 fully saturated rings. The molecule has 0 spiro atoms. The van der Waals surface area contributed by atoms with Gasteiger partial charge in [-0.3, -0.25) is 9.59 Å². The van der Waals surface area contributed by atoms with Crippen LogP contribution in [0, 0.1) is 17.7 Å². The number of nitrogens with zero attached hydrogens (tertiary/aromatic N) is 2. The summed E-state index contributed by atoms with van der Waals surface area (Å²) in [6, 6.07) is 6.42. The second kappa shape index (κ2) is 7.59. The molecule has 4 rings (SSSR count). The van der Waals surface area contributed by atoms with Crippen LogP contribution in [-0.2, 0) is 9.59 Å². The highest BCUT2D eigenvalue weighted by atomic mass is 32.2. The van der Waals surface area contributed by atoms with Crippen LogP contribution in [-0.4, -0.2) is 52.8 Å². The van der Waals surface area contributed by atoms with Gasteiger partial charge in [0.1, 0.15) is 5.82 Å². The van der Waals surface area contributed by atoms with Gasteiger partial charge in [-0.05, 0) is 43.4 Å². The molecule has 0 aromatic heterocycles. The van der Waals surface area contributed by atoms with Gasteiger partial charge in [0.2, 0.25) is 11.8 Å². The second-order valence-corrected chi connectivity index (χ2v) is 8.77. The summed E-state index contributed by atoms with van der Waals surface area (Å²) in [7, 11) is 0. The van der Waals surface area contributed by atoms with Gasteiger partial charge in [0.15, 0.2) is 0 Å². The van der Waals surface area contributed by atoms with E-state index < -0.39 is 0 Å². The quantitative estimate of drug-likeness (QED) is 0.814. The number of carbonyl (C=O) groups is 2. The first-order valence-electron chi connectivity index (χ1n) is 9.56. The first kappa shape index (κ1) is 17.8. The maximum atomic E-state index is 13.3. The zero-order valence-electron chi connectivity index (χ0n) is 14.9. The molecule has 6 heteroatoms. The number of hydrogen-bond donors (Lipinski definition) is 0. The summed E-state index contributed by atoms with van der Waals surface area (Å²) in [4.78, 5) is 29.7. The van der Waals surface area contributed by atoms with Gasteiger partial charge in [-0.15, -0.1) is 0 Å². The Morgan fingerprint density at radius 3 is 2.23 bits per heavy atom. The SMILES string of the molecule is O=C(C1CCC(c2ccc(F)cc2)N(C(=O)C2CC2)C1)N1CCSCC1. The van der Waals surface area contributed by atoms with Gasteiger partial charge in [0.25, 0.3) is 0 Å². The minimum Gasteiger partial charge on any atom is -0.341 e. The molecule has 0 bridgehead atoms. The standard InChI is InChI=1S/C20H25FN2O2S/c21-17-6-3-14(4-7-17)18-8-5-16(13-23(18)20(25)15-1-2-15)19(24)22-9-11-26-12-10-22/h3-4,6-7,15-16,18H,1-2,5,8-13H2. The third kappa shape index (κ3) is 3.75. The van der Waals surface area contributed by atoms with E-state index in [0.29, 0.717) is 6.54 Å². The predicted octanol–water partition coefficient (Wildman–Crippen LogP) is 3.09. The molecule has 26 heavy (non-hydrogen) atoms.